The SMILES string of the molecule is O=C(/C=C/c1ccccc1Br)NCC(O)C(F)F. The fourth-order valence-electron chi connectivity index (χ4n) is 1.13. The standard InChI is InChI=1S/C12H12BrF2NO2/c13-9-4-2-1-3-8(9)5-6-11(18)16-7-10(17)12(14)15/h1-6,10,12,17H,7H2,(H,16,18)/b6-5+. The van der Waals surface area contributed by atoms with Crippen LogP contribution in [-0.4, -0.2) is 30.1 Å². The topological polar surface area (TPSA) is 49.3 Å². The molecule has 1 atom stereocenters. The predicted molar refractivity (Wildman–Crippen MR) is 68.2 cm³/mol. The molecule has 1 rings (SSSR count). The summed E-state index contributed by atoms with van der Waals surface area (Å²) >= 11 is 3.31. The molecule has 1 unspecified atom stereocenters. The molecule has 0 aliphatic rings. The fraction of sp³-hybridized carbons (Fsp3) is 0.250. The monoisotopic (exact) mass is 319 g/mol. The lowest BCUT2D eigenvalue weighted by molar-refractivity contribution is -0.117. The summed E-state index contributed by atoms with van der Waals surface area (Å²) in [6.45, 7) is -0.475. The number of alkyl halides is 2. The minimum Gasteiger partial charge on any atom is -0.385 e. The maximum atomic E-state index is 12.0. The summed E-state index contributed by atoms with van der Waals surface area (Å²) in [7, 11) is 0. The van der Waals surface area contributed by atoms with Gasteiger partial charge in [0.25, 0.3) is 6.43 Å². The minimum atomic E-state index is -2.86. The van der Waals surface area contributed by atoms with Gasteiger partial charge in [0.2, 0.25) is 5.91 Å². The van der Waals surface area contributed by atoms with Crippen molar-refractivity contribution in [2.45, 2.75) is 12.5 Å². The average Bonchev–Trinajstić information content (AvgIpc) is 2.34. The number of carbonyl (C=O) groups excluding carboxylic acids is 1. The van der Waals surface area contributed by atoms with Crippen LogP contribution in [0.1, 0.15) is 5.56 Å². The van der Waals surface area contributed by atoms with E-state index in [2.05, 4.69) is 21.2 Å². The largest absolute Gasteiger partial charge is 0.385 e. The smallest absolute Gasteiger partial charge is 0.265 e. The quantitative estimate of drug-likeness (QED) is 0.817. The Hall–Kier alpha value is -1.27. The van der Waals surface area contributed by atoms with Crippen molar-refractivity contribution in [1.29, 1.82) is 0 Å². The third kappa shape index (κ3) is 4.93. The summed E-state index contributed by atoms with van der Waals surface area (Å²) in [5.41, 5.74) is 0.794. The van der Waals surface area contributed by atoms with Crippen molar-refractivity contribution < 1.29 is 18.7 Å². The summed E-state index contributed by atoms with van der Waals surface area (Å²) in [6, 6.07) is 7.25. The first kappa shape index (κ1) is 14.8. The van der Waals surface area contributed by atoms with E-state index in [4.69, 9.17) is 5.11 Å². The molecule has 2 N–H and O–H groups in total. The molecule has 6 heteroatoms. The van der Waals surface area contributed by atoms with Crippen LogP contribution in [-0.2, 0) is 4.79 Å². The number of aliphatic hydroxyl groups excluding tert-OH is 1. The molecular formula is C12H12BrF2NO2. The second-order valence-electron chi connectivity index (χ2n) is 3.50. The van der Waals surface area contributed by atoms with E-state index >= 15 is 0 Å². The molecular weight excluding hydrogens is 308 g/mol. The van der Waals surface area contributed by atoms with Gasteiger partial charge < -0.3 is 10.4 Å². The maximum absolute atomic E-state index is 12.0. The highest BCUT2D eigenvalue weighted by molar-refractivity contribution is 9.10. The van der Waals surface area contributed by atoms with E-state index in [1.807, 2.05) is 18.2 Å². The van der Waals surface area contributed by atoms with Crippen LogP contribution in [0.3, 0.4) is 0 Å². The molecule has 0 aromatic heterocycles. The number of nitrogens with one attached hydrogen (secondary N) is 1. The molecule has 1 aromatic carbocycles. The first-order valence-electron chi connectivity index (χ1n) is 5.17. The molecule has 18 heavy (non-hydrogen) atoms. The number of rotatable bonds is 5. The Morgan fingerprint density at radius 2 is 2.11 bits per heavy atom. The van der Waals surface area contributed by atoms with Gasteiger partial charge in [-0.2, -0.15) is 0 Å². The summed E-state index contributed by atoms with van der Waals surface area (Å²) in [6.07, 6.45) is -1.93. The van der Waals surface area contributed by atoms with Gasteiger partial charge in [0.05, 0.1) is 0 Å². The molecule has 3 nitrogen and oxygen atoms in total. The molecule has 0 radical (unpaired) electrons. The van der Waals surface area contributed by atoms with Crippen LogP contribution in [0.2, 0.25) is 0 Å². The molecule has 1 aromatic rings. The number of hydrogen-bond acceptors (Lipinski definition) is 2. The summed E-state index contributed by atoms with van der Waals surface area (Å²) in [4.78, 5) is 11.3. The lowest BCUT2D eigenvalue weighted by Gasteiger charge is -2.08. The van der Waals surface area contributed by atoms with Crippen molar-refractivity contribution in [3.05, 3.63) is 40.4 Å². The highest BCUT2D eigenvalue weighted by Crippen LogP contribution is 2.16. The number of benzene rings is 1. The second-order valence-corrected chi connectivity index (χ2v) is 4.36. The number of aliphatic hydroxyl groups is 1. The van der Waals surface area contributed by atoms with Gasteiger partial charge in [0.15, 0.2) is 0 Å². The van der Waals surface area contributed by atoms with Crippen LogP contribution in [0.4, 0.5) is 8.78 Å². The van der Waals surface area contributed by atoms with Crippen molar-refractivity contribution in [2.24, 2.45) is 0 Å². The second kappa shape index (κ2) is 7.23. The van der Waals surface area contributed by atoms with Gasteiger partial charge in [-0.15, -0.1) is 0 Å². The number of halogens is 3. The van der Waals surface area contributed by atoms with E-state index in [9.17, 15) is 13.6 Å². The van der Waals surface area contributed by atoms with Gasteiger partial charge >= 0.3 is 0 Å². The van der Waals surface area contributed by atoms with Crippen LogP contribution < -0.4 is 5.32 Å². The van der Waals surface area contributed by atoms with E-state index < -0.39 is 25.0 Å². The summed E-state index contributed by atoms with van der Waals surface area (Å²) in [5, 5.41) is 11.0. The third-order valence-electron chi connectivity index (χ3n) is 2.10. The summed E-state index contributed by atoms with van der Waals surface area (Å²) < 4.78 is 24.7. The molecule has 0 spiro atoms. The van der Waals surface area contributed by atoms with Gasteiger partial charge in [-0.05, 0) is 17.7 Å². The first-order valence-corrected chi connectivity index (χ1v) is 5.96. The van der Waals surface area contributed by atoms with E-state index in [0.29, 0.717) is 0 Å². The van der Waals surface area contributed by atoms with Gasteiger partial charge in [0.1, 0.15) is 6.10 Å². The zero-order valence-electron chi connectivity index (χ0n) is 9.32. The normalized spacial score (nSPS) is 12.9. The molecule has 0 heterocycles. The molecule has 0 saturated heterocycles. The van der Waals surface area contributed by atoms with E-state index in [1.54, 1.807) is 12.1 Å². The molecule has 0 fully saturated rings. The van der Waals surface area contributed by atoms with Crippen LogP contribution in [0.25, 0.3) is 6.08 Å². The Morgan fingerprint density at radius 1 is 1.44 bits per heavy atom. The number of amides is 1. The minimum absolute atomic E-state index is 0.475. The molecule has 0 aliphatic heterocycles. The summed E-state index contributed by atoms with van der Waals surface area (Å²) in [5.74, 6) is -0.537. The Kier molecular flexibility index (Phi) is 5.94. The lowest BCUT2D eigenvalue weighted by Crippen LogP contribution is -2.34. The third-order valence-corrected chi connectivity index (χ3v) is 2.82. The predicted octanol–water partition coefficient (Wildman–Crippen LogP) is 2.20. The van der Waals surface area contributed by atoms with Gasteiger partial charge in [-0.25, -0.2) is 8.78 Å². The van der Waals surface area contributed by atoms with Crippen molar-refractivity contribution in [3.63, 3.8) is 0 Å². The Bertz CT molecular complexity index is 438. The maximum Gasteiger partial charge on any atom is 0.265 e. The number of hydrogen-bond donors (Lipinski definition) is 2. The zero-order chi connectivity index (χ0) is 13.5. The fourth-order valence-corrected chi connectivity index (χ4v) is 1.55. The highest BCUT2D eigenvalue weighted by atomic mass is 79.9. The van der Waals surface area contributed by atoms with E-state index in [1.165, 1.54) is 6.08 Å². The highest BCUT2D eigenvalue weighted by Gasteiger charge is 2.16. The Labute approximate surface area is 112 Å². The van der Waals surface area contributed by atoms with Crippen LogP contribution in [0, 0.1) is 0 Å². The van der Waals surface area contributed by atoms with Crippen molar-refractivity contribution in [3.8, 4) is 0 Å². The van der Waals surface area contributed by atoms with Crippen LogP contribution in [0.5, 0.6) is 0 Å². The Balaban J connectivity index is 2.48. The number of carbonyl (C=O) groups is 1. The zero-order valence-corrected chi connectivity index (χ0v) is 10.9. The lowest BCUT2D eigenvalue weighted by atomic mass is 10.2. The van der Waals surface area contributed by atoms with E-state index in [-0.39, 0.29) is 0 Å². The van der Waals surface area contributed by atoms with Gasteiger partial charge in [-0.1, -0.05) is 34.1 Å². The van der Waals surface area contributed by atoms with E-state index in [0.717, 1.165) is 10.0 Å². The molecule has 98 valence electrons. The Morgan fingerprint density at radius 3 is 2.72 bits per heavy atom. The van der Waals surface area contributed by atoms with Crippen molar-refractivity contribution >= 4 is 27.9 Å². The van der Waals surface area contributed by atoms with Crippen LogP contribution >= 0.6 is 15.9 Å². The molecule has 0 saturated carbocycles. The van der Waals surface area contributed by atoms with Crippen molar-refractivity contribution in [1.82, 2.24) is 5.32 Å². The molecule has 0 bridgehead atoms. The first-order chi connectivity index (χ1) is 8.50. The molecule has 0 aliphatic carbocycles. The molecule has 1 amide bonds. The van der Waals surface area contributed by atoms with Gasteiger partial charge in [0, 0.05) is 17.1 Å². The van der Waals surface area contributed by atoms with Gasteiger partial charge in [-0.3, -0.25) is 4.79 Å². The van der Waals surface area contributed by atoms with Crippen molar-refractivity contribution in [2.75, 3.05) is 6.54 Å². The average molecular weight is 320 g/mol. The van der Waals surface area contributed by atoms with Crippen LogP contribution in [0.15, 0.2) is 34.8 Å².